The molecule has 0 saturated heterocycles. The number of hydrogen-bond acceptors (Lipinski definition) is 2. The molecule has 20 heavy (non-hydrogen) atoms. The van der Waals surface area contributed by atoms with Crippen molar-refractivity contribution in [2.45, 2.75) is 32.7 Å². The number of nitrogens with one attached hydrogen (secondary N) is 1. The van der Waals surface area contributed by atoms with E-state index in [0.29, 0.717) is 0 Å². The molecule has 2 atom stereocenters. The second-order valence-corrected chi connectivity index (χ2v) is 5.17. The van der Waals surface area contributed by atoms with Gasteiger partial charge in [-0.05, 0) is 54.4 Å². The van der Waals surface area contributed by atoms with E-state index in [1.165, 1.54) is 5.56 Å². The second kappa shape index (κ2) is 6.62. The van der Waals surface area contributed by atoms with Gasteiger partial charge in [0.05, 0.1) is 0 Å². The summed E-state index contributed by atoms with van der Waals surface area (Å²) in [5.74, 6) is 0.0731. The molecule has 0 aliphatic heterocycles. The van der Waals surface area contributed by atoms with Crippen LogP contribution in [0.5, 0.6) is 0 Å². The predicted molar refractivity (Wildman–Crippen MR) is 80.2 cm³/mol. The van der Waals surface area contributed by atoms with Gasteiger partial charge in [0, 0.05) is 24.4 Å². The normalized spacial score (nSPS) is 14.0. The van der Waals surface area contributed by atoms with E-state index in [9.17, 15) is 4.39 Å². The molecule has 0 radical (unpaired) electrons. The minimum atomic E-state index is -0.176. The maximum absolute atomic E-state index is 13.7. The number of likely N-dealkylation sites (N-methyl/N-ethyl adjacent to an activating group) is 1. The van der Waals surface area contributed by atoms with Crippen molar-refractivity contribution in [1.82, 2.24) is 10.3 Å². The number of benzene rings is 1. The first-order valence-electron chi connectivity index (χ1n) is 7.02. The number of hydrogen-bond donors (Lipinski definition) is 1. The lowest BCUT2D eigenvalue weighted by atomic mass is 9.88. The maximum atomic E-state index is 13.7. The Morgan fingerprint density at radius 3 is 2.45 bits per heavy atom. The van der Waals surface area contributed by atoms with Crippen molar-refractivity contribution in [2.24, 2.45) is 0 Å². The maximum Gasteiger partial charge on any atom is 0.123 e. The first-order valence-corrected chi connectivity index (χ1v) is 7.02. The van der Waals surface area contributed by atoms with E-state index in [-0.39, 0.29) is 17.8 Å². The quantitative estimate of drug-likeness (QED) is 0.890. The Balaban J connectivity index is 2.35. The van der Waals surface area contributed by atoms with Gasteiger partial charge in [-0.3, -0.25) is 4.98 Å². The smallest absolute Gasteiger partial charge is 0.123 e. The highest BCUT2D eigenvalue weighted by molar-refractivity contribution is 5.30. The molecular weight excluding hydrogens is 251 g/mol. The van der Waals surface area contributed by atoms with Crippen molar-refractivity contribution in [3.05, 3.63) is 65.2 Å². The van der Waals surface area contributed by atoms with E-state index in [2.05, 4.69) is 24.1 Å². The standard InChI is InChI=1S/C17H21FN2/c1-4-20-17(13(3)14-5-7-19-8-6-14)15-9-12(2)10-16(18)11-15/h5-11,13,17,20H,4H2,1-3H3. The van der Waals surface area contributed by atoms with Crippen molar-refractivity contribution in [3.63, 3.8) is 0 Å². The first kappa shape index (κ1) is 14.7. The van der Waals surface area contributed by atoms with Crippen molar-refractivity contribution in [1.29, 1.82) is 0 Å². The molecule has 0 aliphatic rings. The molecule has 0 saturated carbocycles. The van der Waals surface area contributed by atoms with Crippen LogP contribution in [0.15, 0.2) is 42.7 Å². The molecule has 2 nitrogen and oxygen atoms in total. The van der Waals surface area contributed by atoms with Crippen molar-refractivity contribution >= 4 is 0 Å². The predicted octanol–water partition coefficient (Wildman–Crippen LogP) is 3.98. The Morgan fingerprint density at radius 1 is 1.15 bits per heavy atom. The minimum Gasteiger partial charge on any atom is -0.310 e. The van der Waals surface area contributed by atoms with Gasteiger partial charge in [0.2, 0.25) is 0 Å². The summed E-state index contributed by atoms with van der Waals surface area (Å²) in [6, 6.07) is 9.36. The van der Waals surface area contributed by atoms with Crippen molar-refractivity contribution in [2.75, 3.05) is 6.54 Å². The minimum absolute atomic E-state index is 0.0943. The number of rotatable bonds is 5. The van der Waals surface area contributed by atoms with Crippen LogP contribution in [0.2, 0.25) is 0 Å². The van der Waals surface area contributed by atoms with E-state index < -0.39 is 0 Å². The lowest BCUT2D eigenvalue weighted by molar-refractivity contribution is 0.475. The fourth-order valence-corrected chi connectivity index (χ4v) is 2.61. The average molecular weight is 272 g/mol. The Morgan fingerprint density at radius 2 is 1.85 bits per heavy atom. The molecule has 2 rings (SSSR count). The summed E-state index contributed by atoms with van der Waals surface area (Å²) in [4.78, 5) is 4.05. The molecule has 106 valence electrons. The monoisotopic (exact) mass is 272 g/mol. The van der Waals surface area contributed by atoms with Gasteiger partial charge in [-0.1, -0.05) is 19.9 Å². The Bertz CT molecular complexity index is 534. The third kappa shape index (κ3) is 3.42. The third-order valence-electron chi connectivity index (χ3n) is 3.58. The molecule has 1 N–H and O–H groups in total. The fourth-order valence-electron chi connectivity index (χ4n) is 2.61. The highest BCUT2D eigenvalue weighted by atomic mass is 19.1. The molecule has 2 aromatic rings. The summed E-state index contributed by atoms with van der Waals surface area (Å²) >= 11 is 0. The van der Waals surface area contributed by atoms with Gasteiger partial charge in [-0.2, -0.15) is 0 Å². The summed E-state index contributed by atoms with van der Waals surface area (Å²) in [6.07, 6.45) is 3.59. The van der Waals surface area contributed by atoms with Gasteiger partial charge in [-0.15, -0.1) is 0 Å². The lowest BCUT2D eigenvalue weighted by Gasteiger charge is -2.26. The zero-order valence-electron chi connectivity index (χ0n) is 12.2. The molecule has 0 spiro atoms. The Labute approximate surface area is 120 Å². The molecule has 0 bridgehead atoms. The Hall–Kier alpha value is -1.74. The highest BCUT2D eigenvalue weighted by Gasteiger charge is 2.20. The van der Waals surface area contributed by atoms with Crippen molar-refractivity contribution < 1.29 is 4.39 Å². The summed E-state index contributed by atoms with van der Waals surface area (Å²) in [5.41, 5.74) is 3.14. The van der Waals surface area contributed by atoms with E-state index in [4.69, 9.17) is 0 Å². The lowest BCUT2D eigenvalue weighted by Crippen LogP contribution is -2.26. The SMILES string of the molecule is CCNC(c1cc(C)cc(F)c1)C(C)c1ccncc1. The van der Waals surface area contributed by atoms with Crippen molar-refractivity contribution in [3.8, 4) is 0 Å². The van der Waals surface area contributed by atoms with E-state index in [1.54, 1.807) is 24.5 Å². The number of nitrogens with zero attached hydrogens (tertiary/aromatic N) is 1. The van der Waals surface area contributed by atoms with Crippen LogP contribution in [-0.4, -0.2) is 11.5 Å². The summed E-state index contributed by atoms with van der Waals surface area (Å²) in [7, 11) is 0. The fraction of sp³-hybridized carbons (Fsp3) is 0.353. The number of aryl methyl sites for hydroxylation is 1. The first-order chi connectivity index (χ1) is 9.61. The summed E-state index contributed by atoms with van der Waals surface area (Å²) in [5, 5.41) is 3.46. The molecule has 0 aliphatic carbocycles. The Kier molecular flexibility index (Phi) is 4.85. The van der Waals surface area contributed by atoms with Gasteiger partial charge in [-0.25, -0.2) is 4.39 Å². The van der Waals surface area contributed by atoms with Crippen LogP contribution < -0.4 is 5.32 Å². The molecule has 0 amide bonds. The van der Waals surface area contributed by atoms with E-state index in [0.717, 1.165) is 17.7 Å². The van der Waals surface area contributed by atoms with Gasteiger partial charge < -0.3 is 5.32 Å². The number of pyridine rings is 1. The topological polar surface area (TPSA) is 24.9 Å². The van der Waals surface area contributed by atoms with Crippen LogP contribution in [0.1, 0.15) is 42.5 Å². The number of halogens is 1. The van der Waals surface area contributed by atoms with Crippen LogP contribution in [0, 0.1) is 12.7 Å². The molecule has 2 unspecified atom stereocenters. The molecule has 1 aromatic carbocycles. The molecular formula is C17H21FN2. The van der Waals surface area contributed by atoms with Crippen LogP contribution in [0.3, 0.4) is 0 Å². The van der Waals surface area contributed by atoms with E-state index in [1.807, 2.05) is 25.1 Å². The zero-order valence-corrected chi connectivity index (χ0v) is 12.2. The van der Waals surface area contributed by atoms with Crippen LogP contribution in [-0.2, 0) is 0 Å². The van der Waals surface area contributed by atoms with Gasteiger partial charge in [0.1, 0.15) is 5.82 Å². The average Bonchev–Trinajstić information content (AvgIpc) is 2.44. The molecule has 3 heteroatoms. The molecule has 0 fully saturated rings. The van der Waals surface area contributed by atoms with Gasteiger partial charge in [0.15, 0.2) is 0 Å². The number of aromatic nitrogens is 1. The second-order valence-electron chi connectivity index (χ2n) is 5.17. The van der Waals surface area contributed by atoms with Gasteiger partial charge >= 0.3 is 0 Å². The zero-order chi connectivity index (χ0) is 14.5. The molecule has 1 aromatic heterocycles. The third-order valence-corrected chi connectivity index (χ3v) is 3.58. The van der Waals surface area contributed by atoms with E-state index >= 15 is 0 Å². The highest BCUT2D eigenvalue weighted by Crippen LogP contribution is 2.31. The summed E-state index contributed by atoms with van der Waals surface area (Å²) in [6.45, 7) is 6.99. The van der Waals surface area contributed by atoms with Crippen LogP contribution >= 0.6 is 0 Å². The van der Waals surface area contributed by atoms with Gasteiger partial charge in [0.25, 0.3) is 0 Å². The van der Waals surface area contributed by atoms with Crippen LogP contribution in [0.25, 0.3) is 0 Å². The van der Waals surface area contributed by atoms with Crippen LogP contribution in [0.4, 0.5) is 4.39 Å². The summed E-state index contributed by atoms with van der Waals surface area (Å²) < 4.78 is 13.7. The largest absolute Gasteiger partial charge is 0.310 e. The molecule has 1 heterocycles.